The summed E-state index contributed by atoms with van der Waals surface area (Å²) in [6.07, 6.45) is -5.17. The van der Waals surface area contributed by atoms with E-state index in [9.17, 15) is 22.7 Å². The standard InChI is InChI=1S/C15H11BrF4O/c16-12-7-9(1-6-13(12)17)8-14(21)10-2-4-11(5-3-10)15(18,19)20/h1-7,14,21H,8H2. The third-order valence-electron chi connectivity index (χ3n) is 3.04. The summed E-state index contributed by atoms with van der Waals surface area (Å²) in [5.41, 5.74) is 0.294. The van der Waals surface area contributed by atoms with Gasteiger partial charge in [0, 0.05) is 6.42 Å². The molecule has 6 heteroatoms. The lowest BCUT2D eigenvalue weighted by Crippen LogP contribution is -2.06. The molecule has 1 N–H and O–H groups in total. The Morgan fingerprint density at radius 2 is 1.67 bits per heavy atom. The van der Waals surface area contributed by atoms with Crippen LogP contribution in [0.3, 0.4) is 0 Å². The molecule has 0 radical (unpaired) electrons. The molecule has 0 saturated heterocycles. The molecule has 2 aromatic rings. The number of aliphatic hydroxyl groups is 1. The number of aliphatic hydroxyl groups excluding tert-OH is 1. The molecule has 0 aromatic heterocycles. The fraction of sp³-hybridized carbons (Fsp3) is 0.200. The van der Waals surface area contributed by atoms with Gasteiger partial charge in [0.15, 0.2) is 0 Å². The molecule has 0 aliphatic carbocycles. The van der Waals surface area contributed by atoms with Gasteiger partial charge < -0.3 is 5.11 Å². The summed E-state index contributed by atoms with van der Waals surface area (Å²) in [5.74, 6) is -0.414. The van der Waals surface area contributed by atoms with Crippen LogP contribution in [0.25, 0.3) is 0 Å². The summed E-state index contributed by atoms with van der Waals surface area (Å²) < 4.78 is 50.7. The SMILES string of the molecule is OC(Cc1ccc(F)c(Br)c1)c1ccc(C(F)(F)F)cc1. The third-order valence-corrected chi connectivity index (χ3v) is 3.64. The van der Waals surface area contributed by atoms with Crippen LogP contribution in [0.15, 0.2) is 46.9 Å². The van der Waals surface area contributed by atoms with E-state index in [0.717, 1.165) is 12.1 Å². The lowest BCUT2D eigenvalue weighted by atomic mass is 10.0. The lowest BCUT2D eigenvalue weighted by molar-refractivity contribution is -0.137. The Kier molecular flexibility index (Phi) is 4.68. The minimum atomic E-state index is -4.40. The second-order valence-electron chi connectivity index (χ2n) is 4.59. The van der Waals surface area contributed by atoms with E-state index in [1.165, 1.54) is 30.3 Å². The summed E-state index contributed by atoms with van der Waals surface area (Å²) in [4.78, 5) is 0. The van der Waals surface area contributed by atoms with Gasteiger partial charge in [-0.3, -0.25) is 0 Å². The van der Waals surface area contributed by atoms with Gasteiger partial charge in [-0.05, 0) is 51.3 Å². The monoisotopic (exact) mass is 362 g/mol. The van der Waals surface area contributed by atoms with Crippen LogP contribution >= 0.6 is 15.9 Å². The van der Waals surface area contributed by atoms with E-state index in [2.05, 4.69) is 15.9 Å². The van der Waals surface area contributed by atoms with E-state index < -0.39 is 23.7 Å². The largest absolute Gasteiger partial charge is 0.416 e. The van der Waals surface area contributed by atoms with Crippen LogP contribution in [0.1, 0.15) is 22.8 Å². The van der Waals surface area contributed by atoms with Gasteiger partial charge in [-0.1, -0.05) is 18.2 Å². The first-order chi connectivity index (χ1) is 9.77. The number of hydrogen-bond acceptors (Lipinski definition) is 1. The second kappa shape index (κ2) is 6.15. The molecular formula is C15H11BrF4O. The quantitative estimate of drug-likeness (QED) is 0.771. The number of rotatable bonds is 3. The molecule has 1 nitrogen and oxygen atoms in total. The molecule has 0 amide bonds. The zero-order valence-corrected chi connectivity index (χ0v) is 12.2. The minimum absolute atomic E-state index is 0.185. The zero-order valence-electron chi connectivity index (χ0n) is 10.7. The summed E-state index contributed by atoms with van der Waals surface area (Å²) >= 11 is 3.04. The van der Waals surface area contributed by atoms with E-state index in [1.54, 1.807) is 0 Å². The first kappa shape index (κ1) is 16.0. The van der Waals surface area contributed by atoms with E-state index >= 15 is 0 Å². The maximum absolute atomic E-state index is 13.1. The Balaban J connectivity index is 2.13. The van der Waals surface area contributed by atoms with Crippen LogP contribution in [0.2, 0.25) is 0 Å². The molecule has 0 fully saturated rings. The molecule has 0 bridgehead atoms. The van der Waals surface area contributed by atoms with Gasteiger partial charge in [0.1, 0.15) is 5.82 Å². The van der Waals surface area contributed by atoms with E-state index in [-0.39, 0.29) is 10.9 Å². The van der Waals surface area contributed by atoms with Gasteiger partial charge in [0.2, 0.25) is 0 Å². The Morgan fingerprint density at radius 3 is 2.19 bits per heavy atom. The van der Waals surface area contributed by atoms with Crippen molar-refractivity contribution >= 4 is 15.9 Å². The fourth-order valence-electron chi connectivity index (χ4n) is 1.90. The van der Waals surface area contributed by atoms with Crippen molar-refractivity contribution in [3.05, 3.63) is 69.4 Å². The molecule has 2 aromatic carbocycles. The minimum Gasteiger partial charge on any atom is -0.388 e. The molecule has 2 rings (SSSR count). The highest BCUT2D eigenvalue weighted by atomic mass is 79.9. The topological polar surface area (TPSA) is 20.2 Å². The molecule has 1 unspecified atom stereocenters. The first-order valence-electron chi connectivity index (χ1n) is 6.06. The Morgan fingerprint density at radius 1 is 1.05 bits per heavy atom. The highest BCUT2D eigenvalue weighted by molar-refractivity contribution is 9.10. The summed E-state index contributed by atoms with van der Waals surface area (Å²) in [5, 5.41) is 10.0. The highest BCUT2D eigenvalue weighted by Gasteiger charge is 2.30. The normalized spacial score (nSPS) is 13.2. The molecule has 0 aliphatic rings. The molecule has 21 heavy (non-hydrogen) atoms. The molecular weight excluding hydrogens is 352 g/mol. The predicted molar refractivity (Wildman–Crippen MR) is 74.2 cm³/mol. The van der Waals surface area contributed by atoms with Gasteiger partial charge >= 0.3 is 6.18 Å². The maximum Gasteiger partial charge on any atom is 0.416 e. The average molecular weight is 363 g/mol. The van der Waals surface area contributed by atoms with Crippen LogP contribution in [0, 0.1) is 5.82 Å². The predicted octanol–water partition coefficient (Wildman–Crippen LogP) is 4.88. The van der Waals surface area contributed by atoms with Crippen LogP contribution in [0.4, 0.5) is 17.6 Å². The molecule has 0 aliphatic heterocycles. The Hall–Kier alpha value is -1.40. The van der Waals surface area contributed by atoms with Crippen LogP contribution < -0.4 is 0 Å². The zero-order chi connectivity index (χ0) is 15.6. The first-order valence-corrected chi connectivity index (χ1v) is 6.86. The third kappa shape index (κ3) is 4.04. The van der Waals surface area contributed by atoms with Crippen molar-refractivity contribution in [3.63, 3.8) is 0 Å². The smallest absolute Gasteiger partial charge is 0.388 e. The van der Waals surface area contributed by atoms with Gasteiger partial charge in [-0.2, -0.15) is 13.2 Å². The molecule has 0 spiro atoms. The van der Waals surface area contributed by atoms with Crippen LogP contribution in [0.5, 0.6) is 0 Å². The van der Waals surface area contributed by atoms with Crippen LogP contribution in [-0.4, -0.2) is 5.11 Å². The van der Waals surface area contributed by atoms with Crippen molar-refractivity contribution in [3.8, 4) is 0 Å². The van der Waals surface area contributed by atoms with Crippen molar-refractivity contribution < 1.29 is 22.7 Å². The summed E-state index contributed by atoms with van der Waals surface area (Å²) in [6.45, 7) is 0. The van der Waals surface area contributed by atoms with Crippen molar-refractivity contribution in [2.75, 3.05) is 0 Å². The van der Waals surface area contributed by atoms with Crippen molar-refractivity contribution in [2.45, 2.75) is 18.7 Å². The van der Waals surface area contributed by atoms with Crippen molar-refractivity contribution in [1.29, 1.82) is 0 Å². The number of alkyl halides is 3. The van der Waals surface area contributed by atoms with E-state index in [0.29, 0.717) is 11.1 Å². The molecule has 0 saturated carbocycles. The lowest BCUT2D eigenvalue weighted by Gasteiger charge is -2.13. The van der Waals surface area contributed by atoms with Crippen molar-refractivity contribution in [1.82, 2.24) is 0 Å². The second-order valence-corrected chi connectivity index (χ2v) is 5.44. The Bertz CT molecular complexity index is 623. The van der Waals surface area contributed by atoms with Gasteiger partial charge in [0.05, 0.1) is 16.1 Å². The number of halogens is 5. The van der Waals surface area contributed by atoms with Gasteiger partial charge in [0.25, 0.3) is 0 Å². The average Bonchev–Trinajstić information content (AvgIpc) is 2.42. The van der Waals surface area contributed by atoms with Gasteiger partial charge in [-0.25, -0.2) is 4.39 Å². The summed E-state index contributed by atoms with van der Waals surface area (Å²) in [6, 6.07) is 8.66. The van der Waals surface area contributed by atoms with Crippen molar-refractivity contribution in [2.24, 2.45) is 0 Å². The van der Waals surface area contributed by atoms with E-state index in [1.807, 2.05) is 0 Å². The molecule has 1 atom stereocenters. The Labute approximate surface area is 127 Å². The number of benzene rings is 2. The maximum atomic E-state index is 13.1. The van der Waals surface area contributed by atoms with E-state index in [4.69, 9.17) is 0 Å². The van der Waals surface area contributed by atoms with Crippen LogP contribution in [-0.2, 0) is 12.6 Å². The highest BCUT2D eigenvalue weighted by Crippen LogP contribution is 2.30. The number of hydrogen-bond donors (Lipinski definition) is 1. The van der Waals surface area contributed by atoms with Gasteiger partial charge in [-0.15, -0.1) is 0 Å². The summed E-state index contributed by atoms with van der Waals surface area (Å²) in [7, 11) is 0. The molecule has 0 heterocycles. The molecule has 112 valence electrons. The fourth-order valence-corrected chi connectivity index (χ4v) is 2.33.